The van der Waals surface area contributed by atoms with Crippen molar-refractivity contribution in [2.75, 3.05) is 6.54 Å². The van der Waals surface area contributed by atoms with Gasteiger partial charge >= 0.3 is 0 Å². The summed E-state index contributed by atoms with van der Waals surface area (Å²) >= 11 is 6.25. The lowest BCUT2D eigenvalue weighted by Crippen LogP contribution is -2.59. The summed E-state index contributed by atoms with van der Waals surface area (Å²) < 4.78 is 0. The lowest BCUT2D eigenvalue weighted by atomic mass is 9.85. The van der Waals surface area contributed by atoms with Crippen LogP contribution < -0.4 is 10.6 Å². The Bertz CT molecular complexity index is 1470. The zero-order chi connectivity index (χ0) is 35.0. The maximum atomic E-state index is 14.6. The molecule has 0 bridgehead atoms. The van der Waals surface area contributed by atoms with Crippen molar-refractivity contribution >= 4 is 46.6 Å². The molecule has 3 fully saturated rings. The van der Waals surface area contributed by atoms with E-state index in [0.717, 1.165) is 31.2 Å². The Morgan fingerprint density at radius 3 is 2.46 bits per heavy atom. The van der Waals surface area contributed by atoms with Crippen molar-refractivity contribution in [1.82, 2.24) is 15.5 Å². The number of Topliss-reactive ketones (excluding diaryl/α,β-unsaturated/α-hetero) is 2. The van der Waals surface area contributed by atoms with Crippen LogP contribution in [0, 0.1) is 29.1 Å². The van der Waals surface area contributed by atoms with Gasteiger partial charge in [-0.3, -0.25) is 24.0 Å². The number of amides is 3. The van der Waals surface area contributed by atoms with Gasteiger partial charge in [-0.2, -0.15) is 0 Å². The summed E-state index contributed by atoms with van der Waals surface area (Å²) in [4.78, 5) is 75.7. The van der Waals surface area contributed by atoms with E-state index >= 15 is 0 Å². The van der Waals surface area contributed by atoms with E-state index in [9.17, 15) is 24.0 Å². The summed E-state index contributed by atoms with van der Waals surface area (Å²) in [6, 6.07) is 4.38. The molecule has 2 N–H and O–H groups in total. The molecular weight excluding hydrogens is 632 g/mol. The fourth-order valence-electron chi connectivity index (χ4n) is 7.16. The predicted octanol–water partition coefficient (Wildman–Crippen LogP) is 5.24. The average Bonchev–Trinajstić information content (AvgIpc) is 3.91. The first-order valence-electron chi connectivity index (χ1n) is 17.6. The monoisotopic (exact) mass is 682 g/mol. The van der Waals surface area contributed by atoms with Crippen LogP contribution in [0.15, 0.2) is 29.4 Å². The van der Waals surface area contributed by atoms with Crippen molar-refractivity contribution in [3.05, 3.63) is 34.9 Å². The second kappa shape index (κ2) is 14.3. The predicted molar refractivity (Wildman–Crippen MR) is 183 cm³/mol. The second-order valence-corrected chi connectivity index (χ2v) is 16.4. The van der Waals surface area contributed by atoms with Gasteiger partial charge in [0.2, 0.25) is 29.3 Å². The van der Waals surface area contributed by atoms with E-state index < -0.39 is 52.5 Å². The number of hydrogen-bond donors (Lipinski definition) is 2. The molecule has 0 unspecified atom stereocenters. The lowest BCUT2D eigenvalue weighted by molar-refractivity contribution is -0.145. The number of halogens is 1. The summed E-state index contributed by atoms with van der Waals surface area (Å²) in [5.74, 6) is -1.21. The molecule has 2 heterocycles. The van der Waals surface area contributed by atoms with E-state index in [2.05, 4.69) is 29.6 Å². The Morgan fingerprint density at radius 2 is 1.83 bits per heavy atom. The van der Waals surface area contributed by atoms with E-state index in [4.69, 9.17) is 16.4 Å². The molecule has 2 aliphatic carbocycles. The smallest absolute Gasteiger partial charge is 0.246 e. The van der Waals surface area contributed by atoms with Gasteiger partial charge in [0.1, 0.15) is 12.1 Å². The molecule has 10 nitrogen and oxygen atoms in total. The number of benzene rings is 1. The van der Waals surface area contributed by atoms with Crippen LogP contribution in [0.4, 0.5) is 0 Å². The van der Waals surface area contributed by atoms with E-state index in [1.165, 1.54) is 4.90 Å². The van der Waals surface area contributed by atoms with Crippen LogP contribution in [0.3, 0.4) is 0 Å². The number of nitrogens with one attached hydrogen (secondary N) is 2. The van der Waals surface area contributed by atoms with Crippen molar-refractivity contribution in [3.63, 3.8) is 0 Å². The number of nitrogens with zero attached hydrogens (tertiary/aromatic N) is 2. The highest BCUT2D eigenvalue weighted by Gasteiger charge is 2.56. The van der Waals surface area contributed by atoms with Gasteiger partial charge in [0.25, 0.3) is 0 Å². The van der Waals surface area contributed by atoms with E-state index in [1.54, 1.807) is 12.1 Å². The quantitative estimate of drug-likeness (QED) is 0.258. The van der Waals surface area contributed by atoms with Crippen molar-refractivity contribution in [2.24, 2.45) is 34.2 Å². The standard InChI is InChI=1S/C37H51ClN4O6/c1-7-9-27(31(44)30(43)15-22-12-13-22)39-34(46)29-19-37(18-28(41-48-37)23-10-8-11-25(38)16-23)20-42(29)35(47)32(36(4,5)6)40-33(45)26-17-24(26)14-21(2)3/h8,10-11,16,21-22,24,26-27,29,32H,7,9,12-15,17-20H2,1-6H3,(H,39,46)(H,40,45)/t24-,26-,27+,29+,32-,37-/m1/s1. The highest BCUT2D eigenvalue weighted by atomic mass is 35.5. The summed E-state index contributed by atoms with van der Waals surface area (Å²) in [5, 5.41) is 10.8. The van der Waals surface area contributed by atoms with Gasteiger partial charge in [0, 0.05) is 35.8 Å². The lowest BCUT2D eigenvalue weighted by Gasteiger charge is -2.35. The molecule has 2 saturated carbocycles. The third-order valence-electron chi connectivity index (χ3n) is 10.1. The van der Waals surface area contributed by atoms with Crippen LogP contribution in [-0.2, 0) is 28.8 Å². The van der Waals surface area contributed by atoms with E-state index in [0.29, 0.717) is 41.8 Å². The molecule has 4 aliphatic rings. The van der Waals surface area contributed by atoms with Gasteiger partial charge in [-0.1, -0.05) is 76.9 Å². The molecule has 48 heavy (non-hydrogen) atoms. The van der Waals surface area contributed by atoms with Crippen LogP contribution in [-0.4, -0.2) is 70.2 Å². The van der Waals surface area contributed by atoms with Gasteiger partial charge in [-0.15, -0.1) is 0 Å². The molecule has 1 aromatic rings. The van der Waals surface area contributed by atoms with Gasteiger partial charge in [0.05, 0.1) is 18.3 Å². The first-order valence-corrected chi connectivity index (χ1v) is 18.0. The summed E-state index contributed by atoms with van der Waals surface area (Å²) in [6.45, 7) is 11.9. The third kappa shape index (κ3) is 8.47. The summed E-state index contributed by atoms with van der Waals surface area (Å²) in [5.41, 5.74) is -0.220. The molecule has 11 heteroatoms. The zero-order valence-corrected chi connectivity index (χ0v) is 29.9. The van der Waals surface area contributed by atoms with Crippen LogP contribution >= 0.6 is 11.6 Å². The fourth-order valence-corrected chi connectivity index (χ4v) is 7.35. The normalized spacial score (nSPS) is 26.1. The molecule has 0 radical (unpaired) electrons. The first kappa shape index (κ1) is 36.0. The molecule has 3 amide bonds. The molecule has 5 rings (SSSR count). The molecule has 1 spiro atoms. The highest BCUT2D eigenvalue weighted by Crippen LogP contribution is 2.44. The number of carbonyl (C=O) groups is 5. The topological polar surface area (TPSA) is 134 Å². The maximum Gasteiger partial charge on any atom is 0.246 e. The van der Waals surface area contributed by atoms with Crippen LogP contribution in [0.5, 0.6) is 0 Å². The summed E-state index contributed by atoms with van der Waals surface area (Å²) in [6.07, 6.45) is 5.20. The Balaban J connectivity index is 1.38. The van der Waals surface area contributed by atoms with Crippen LogP contribution in [0.1, 0.15) is 105 Å². The Hall–Kier alpha value is -3.27. The maximum absolute atomic E-state index is 14.6. The SMILES string of the molecule is CCC[C@H](NC(=O)[C@@H]1C[C@]2(CC(c3cccc(Cl)c3)=NO2)CN1C(=O)[C@@H](NC(=O)[C@@H]1C[C@H]1CC(C)C)C(C)(C)C)C(=O)C(=O)CC1CC1. The molecular formula is C37H51ClN4O6. The van der Waals surface area contributed by atoms with Gasteiger partial charge in [0.15, 0.2) is 5.60 Å². The number of rotatable bonds is 14. The molecule has 1 aromatic carbocycles. The van der Waals surface area contributed by atoms with Crippen LogP contribution in [0.2, 0.25) is 5.02 Å². The number of ketones is 2. The fraction of sp³-hybridized carbons (Fsp3) is 0.676. The van der Waals surface area contributed by atoms with E-state index in [1.807, 2.05) is 39.8 Å². The number of hydrogen-bond acceptors (Lipinski definition) is 7. The molecule has 6 atom stereocenters. The highest BCUT2D eigenvalue weighted by molar-refractivity contribution is 6.39. The van der Waals surface area contributed by atoms with Crippen molar-refractivity contribution in [3.8, 4) is 0 Å². The van der Waals surface area contributed by atoms with E-state index in [-0.39, 0.29) is 37.1 Å². The van der Waals surface area contributed by atoms with Crippen molar-refractivity contribution in [2.45, 2.75) is 123 Å². The minimum absolute atomic E-state index is 0.0618. The summed E-state index contributed by atoms with van der Waals surface area (Å²) in [7, 11) is 0. The number of oxime groups is 1. The third-order valence-corrected chi connectivity index (χ3v) is 10.3. The van der Waals surface area contributed by atoms with Gasteiger partial charge in [-0.05, 0) is 67.4 Å². The van der Waals surface area contributed by atoms with Crippen molar-refractivity contribution in [1.29, 1.82) is 0 Å². The van der Waals surface area contributed by atoms with Crippen molar-refractivity contribution < 1.29 is 28.8 Å². The Kier molecular flexibility index (Phi) is 10.7. The Morgan fingerprint density at radius 1 is 1.10 bits per heavy atom. The van der Waals surface area contributed by atoms with Gasteiger partial charge < -0.3 is 20.4 Å². The number of likely N-dealkylation sites (tertiary alicyclic amines) is 1. The zero-order valence-electron chi connectivity index (χ0n) is 29.1. The van der Waals surface area contributed by atoms with Crippen LogP contribution in [0.25, 0.3) is 0 Å². The second-order valence-electron chi connectivity index (χ2n) is 16.0. The molecule has 1 saturated heterocycles. The minimum atomic E-state index is -1.01. The molecule has 2 aliphatic heterocycles. The Labute approximate surface area is 289 Å². The minimum Gasteiger partial charge on any atom is -0.387 e. The first-order chi connectivity index (χ1) is 22.6. The molecule has 0 aromatic heterocycles. The van der Waals surface area contributed by atoms with Gasteiger partial charge in [-0.25, -0.2) is 0 Å². The number of carbonyl (C=O) groups excluding carboxylic acids is 5. The molecule has 262 valence electrons. The largest absolute Gasteiger partial charge is 0.387 e. The average molecular weight is 683 g/mol.